The molecule has 0 N–H and O–H groups in total. The molecule has 2 saturated carbocycles. The molecule has 700 valence electrons. The van der Waals surface area contributed by atoms with Crippen LogP contribution in [-0.4, -0.2) is 209 Å². The third-order valence-electron chi connectivity index (χ3n) is 30.1. The van der Waals surface area contributed by atoms with Crippen LogP contribution < -0.4 is 0 Å². The number of nitrogens with zero attached hydrogens (tertiary/aromatic N) is 15. The zero-order valence-electron chi connectivity index (χ0n) is 78.7. The van der Waals surface area contributed by atoms with E-state index in [4.69, 9.17) is 29.1 Å². The van der Waals surface area contributed by atoms with Crippen molar-refractivity contribution in [1.29, 1.82) is 0 Å². The molecule has 4 bridgehead atoms. The Hall–Kier alpha value is -10.8. The van der Waals surface area contributed by atoms with Gasteiger partial charge in [-0.3, -0.25) is 62.0 Å². The molecule has 6 aromatic heterocycles. The average molecular weight is 1800 g/mol. The standard InChI is InChI=1S/C36H43N5O6.C36H45N5O5.C31H41N5O3/c1-4-29(43)28-14-35-11-9-31(44)36(19-46-21-47-20-36)10-7-5-6-8-24-12-25(26-16-37-23(3)38-17-26)13-27-33(22(2)42)39-40(34(24)27)18-32(45)41(28)30(35)15-35;1-4-30(43)29-15-36-12-8-11-35(20-45-22-46-21-35)10-7-5-6-9-25-13-26(27-17-37-24(3)38-18-27)14-28-33(23(2)42)39-40(34(25)28)19-32(44)41(29)31(36)16-36;1-5-28(38)27-15-13-11-9-7-6-8-10-12-14-23-16-24(25-18-32-22(3)33-19-25)17-26-30(21(2)37)34-36(31(23)26)20-29(39)35(27)4/h12-13,16-17,28,30H,4-11,14-15,18-21H2,1-3H3;13-14,17-18,29,31H,4-12,15-16,19-22H2,1-3H3;16-19,27H,5-15,20H2,1-4H3/t28-,30+,35-;29-,31+,36-;27-/m000/s1. The van der Waals surface area contributed by atoms with Crippen LogP contribution in [0.2, 0.25) is 0 Å². The lowest BCUT2D eigenvalue weighted by Gasteiger charge is -2.37. The fourth-order valence-corrected chi connectivity index (χ4v) is 22.6. The summed E-state index contributed by atoms with van der Waals surface area (Å²) in [5, 5.41) is 16.4. The van der Waals surface area contributed by atoms with Gasteiger partial charge in [-0.1, -0.05) is 97.8 Å². The molecule has 6 fully saturated rings. The molecule has 2 aliphatic carbocycles. The summed E-state index contributed by atoms with van der Waals surface area (Å²) in [7, 11) is 1.72. The first-order chi connectivity index (χ1) is 63.7. The van der Waals surface area contributed by atoms with Crippen molar-refractivity contribution in [3.63, 3.8) is 0 Å². The van der Waals surface area contributed by atoms with E-state index in [1.807, 2.05) is 77.0 Å². The second kappa shape index (κ2) is 40.6. The number of likely N-dealkylation sites (N-methyl/N-ethyl adjacent to an activating group) is 1. The number of ketones is 7. The third-order valence-corrected chi connectivity index (χ3v) is 30.1. The molecule has 29 heteroatoms. The maximum Gasteiger partial charge on any atom is 0.245 e. The SMILES string of the molecule is CCC(=O)[C@@H]1CCCCCCCCCCc2cc(-c3cnc(C)nc3)cc3c(C(C)=O)nn(c23)CC(=O)N1C.CCC(=O)[C@@H]1C[C@]23CCC(=O)C4(CCCCCc5cc(-c6cnc(C)nc6)cc6c(C(C)=O)nn(c56)CC(=O)N1[C@@H]2C3)COCOC4.CCC(=O)[C@@H]1C[C@]23CCCC4(CCCCCc5cc(-c6cnc(C)nc6)cc6c(C(C)=O)nn(c56)CC(=O)N1[C@@H]2C3)COCOC4. The highest BCUT2D eigenvalue weighted by Crippen LogP contribution is 2.64. The monoisotopic (exact) mass is 1800 g/mol. The maximum atomic E-state index is 14.3. The van der Waals surface area contributed by atoms with Crippen molar-refractivity contribution in [2.45, 2.75) is 318 Å². The lowest BCUT2D eigenvalue weighted by atomic mass is 9.76. The van der Waals surface area contributed by atoms with E-state index in [-0.39, 0.29) is 113 Å². The first-order valence-electron chi connectivity index (χ1n) is 48.5. The van der Waals surface area contributed by atoms with E-state index >= 15 is 0 Å². The Morgan fingerprint density at radius 1 is 0.379 bits per heavy atom. The van der Waals surface area contributed by atoms with Gasteiger partial charge in [-0.05, 0) is 204 Å². The van der Waals surface area contributed by atoms with Gasteiger partial charge >= 0.3 is 0 Å². The molecule has 9 aromatic rings. The van der Waals surface area contributed by atoms with Crippen LogP contribution in [-0.2, 0) is 91.4 Å². The molecule has 7 atom stereocenters. The average Bonchev–Trinajstić information content (AvgIpc) is 1.54. The summed E-state index contributed by atoms with van der Waals surface area (Å²) in [5.74, 6) is 1.55. The number of aryl methyl sites for hydroxylation is 6. The third kappa shape index (κ3) is 20.1. The highest BCUT2D eigenvalue weighted by Gasteiger charge is 2.68. The molecule has 132 heavy (non-hydrogen) atoms. The molecular formula is C103H129N15O14. The van der Waals surface area contributed by atoms with E-state index in [1.165, 1.54) is 40.0 Å². The first-order valence-corrected chi connectivity index (χ1v) is 48.5. The summed E-state index contributed by atoms with van der Waals surface area (Å²) in [6, 6.07) is 10.9. The van der Waals surface area contributed by atoms with Crippen LogP contribution in [0.5, 0.6) is 0 Å². The maximum absolute atomic E-state index is 14.3. The van der Waals surface area contributed by atoms with Crippen molar-refractivity contribution in [3.8, 4) is 33.4 Å². The van der Waals surface area contributed by atoms with Gasteiger partial charge in [-0.25, -0.2) is 29.9 Å². The Morgan fingerprint density at radius 2 is 0.727 bits per heavy atom. The second-order valence-electron chi connectivity index (χ2n) is 39.2. The van der Waals surface area contributed by atoms with E-state index < -0.39 is 23.5 Å². The lowest BCUT2D eigenvalue weighted by molar-refractivity contribution is -0.178. The fraction of sp³-hybridized carbons (Fsp3) is 0.583. The Labute approximate surface area is 772 Å². The largest absolute Gasteiger partial charge is 0.355 e. The topological polar surface area (TPSA) is 348 Å². The van der Waals surface area contributed by atoms with Crippen molar-refractivity contribution < 1.29 is 66.9 Å². The zero-order chi connectivity index (χ0) is 92.9. The number of carbonyl (C=O) groups excluding carboxylic acids is 10. The highest BCUT2D eigenvalue weighted by atomic mass is 16.7. The minimum atomic E-state index is -0.673. The minimum absolute atomic E-state index is 0.00162. The summed E-state index contributed by atoms with van der Waals surface area (Å²) in [4.78, 5) is 165. The summed E-state index contributed by atoms with van der Waals surface area (Å²) in [6.07, 6.45) is 38.3. The molecule has 7 aliphatic heterocycles. The zero-order valence-corrected chi connectivity index (χ0v) is 78.7. The Bertz CT molecular complexity index is 5850. The van der Waals surface area contributed by atoms with Crippen LogP contribution in [0.15, 0.2) is 73.6 Å². The smallest absolute Gasteiger partial charge is 0.245 e. The Balaban J connectivity index is 0.000000145. The van der Waals surface area contributed by atoms with Crippen molar-refractivity contribution in [3.05, 3.63) is 125 Å². The Kier molecular flexibility index (Phi) is 29.0. The van der Waals surface area contributed by atoms with Crippen molar-refractivity contribution in [2.24, 2.45) is 21.7 Å². The van der Waals surface area contributed by atoms with E-state index in [9.17, 15) is 47.9 Å². The first kappa shape index (κ1) is 94.4. The molecular weight excluding hydrogens is 1670 g/mol. The molecule has 0 unspecified atom stereocenters. The number of amides is 3. The number of hydrogen-bond donors (Lipinski definition) is 0. The lowest BCUT2D eigenvalue weighted by Crippen LogP contribution is -2.44. The van der Waals surface area contributed by atoms with Gasteiger partial charge in [0.05, 0.1) is 66.5 Å². The quantitative estimate of drug-likeness (QED) is 0.103. The van der Waals surface area contributed by atoms with Crippen LogP contribution in [0.3, 0.4) is 0 Å². The van der Waals surface area contributed by atoms with Crippen LogP contribution in [0, 0.1) is 42.4 Å². The molecule has 3 amide bonds. The predicted molar refractivity (Wildman–Crippen MR) is 497 cm³/mol. The number of carbonyl (C=O) groups is 10. The minimum Gasteiger partial charge on any atom is -0.355 e. The van der Waals surface area contributed by atoms with Gasteiger partial charge in [0.2, 0.25) is 17.7 Å². The number of Topliss-reactive ketones (excluding diaryl/α,β-unsaturated/α-hetero) is 7. The normalized spacial score (nSPS) is 24.0. The van der Waals surface area contributed by atoms with Gasteiger partial charge in [0.1, 0.15) is 73.6 Å². The molecule has 0 radical (unpaired) electrons. The van der Waals surface area contributed by atoms with Crippen molar-refractivity contribution in [1.82, 2.24) is 73.9 Å². The predicted octanol–water partition coefficient (Wildman–Crippen LogP) is 16.3. The van der Waals surface area contributed by atoms with Crippen molar-refractivity contribution in [2.75, 3.05) is 47.1 Å². The summed E-state index contributed by atoms with van der Waals surface area (Å²) in [5.41, 5.74) is 10.9. The van der Waals surface area contributed by atoms with Gasteiger partial charge in [-0.15, -0.1) is 0 Å². The van der Waals surface area contributed by atoms with Gasteiger partial charge < -0.3 is 33.6 Å². The fourth-order valence-electron chi connectivity index (χ4n) is 22.6. The highest BCUT2D eigenvalue weighted by molar-refractivity contribution is 6.09. The molecule has 18 rings (SSSR count). The molecule has 3 aromatic carbocycles. The summed E-state index contributed by atoms with van der Waals surface area (Å²) >= 11 is 0. The van der Waals surface area contributed by atoms with Crippen LogP contribution >= 0.6 is 0 Å². The van der Waals surface area contributed by atoms with Gasteiger partial charge in [0.25, 0.3) is 0 Å². The Morgan fingerprint density at radius 3 is 1.13 bits per heavy atom. The van der Waals surface area contributed by atoms with E-state index in [2.05, 4.69) is 53.2 Å². The van der Waals surface area contributed by atoms with Crippen LogP contribution in [0.25, 0.3) is 66.1 Å². The number of benzene rings is 3. The molecule has 29 nitrogen and oxygen atoms in total. The number of ether oxygens (including phenoxy) is 4. The van der Waals surface area contributed by atoms with E-state index in [0.29, 0.717) is 118 Å². The van der Waals surface area contributed by atoms with Crippen molar-refractivity contribution >= 4 is 90.9 Å². The van der Waals surface area contributed by atoms with Crippen LogP contribution in [0.4, 0.5) is 0 Å². The molecule has 4 saturated heterocycles. The van der Waals surface area contributed by atoms with Gasteiger partial charge in [0, 0.05) is 141 Å². The van der Waals surface area contributed by atoms with Gasteiger partial charge in [-0.2, -0.15) is 15.3 Å². The molecule has 9 aliphatic rings. The second-order valence-corrected chi connectivity index (χ2v) is 39.2. The molecule has 2 spiro atoms. The number of hydrogen-bond acceptors (Lipinski definition) is 23. The molecule has 13 heterocycles. The number of aromatic nitrogens is 12. The van der Waals surface area contributed by atoms with E-state index in [0.717, 1.165) is 219 Å². The summed E-state index contributed by atoms with van der Waals surface area (Å²) < 4.78 is 28.2. The summed E-state index contributed by atoms with van der Waals surface area (Å²) in [6.45, 7) is 18.3. The number of rotatable bonds is 12. The van der Waals surface area contributed by atoms with E-state index in [1.54, 1.807) is 55.7 Å². The number of piperidine rings is 2. The van der Waals surface area contributed by atoms with Crippen LogP contribution in [0.1, 0.15) is 293 Å². The van der Waals surface area contributed by atoms with Gasteiger partial charge in [0.15, 0.2) is 34.7 Å².